The first-order valence-electron chi connectivity index (χ1n) is 12.2. The van der Waals surface area contributed by atoms with E-state index < -0.39 is 0 Å². The number of hydrogen-bond donors (Lipinski definition) is 2. The molecule has 0 aliphatic heterocycles. The lowest BCUT2D eigenvalue weighted by Gasteiger charge is -2.44. The lowest BCUT2D eigenvalue weighted by atomic mass is 9.60. The van der Waals surface area contributed by atoms with E-state index in [9.17, 15) is 10.2 Å². The van der Waals surface area contributed by atoms with Crippen LogP contribution in [0.2, 0.25) is 0 Å². The highest BCUT2D eigenvalue weighted by Crippen LogP contribution is 2.59. The zero-order valence-electron chi connectivity index (χ0n) is 19.3. The smallest absolute Gasteiger partial charge is 0.0583 e. The fourth-order valence-electron chi connectivity index (χ4n) is 6.58. The molecule has 3 fully saturated rings. The molecular weight excluding hydrogens is 356 g/mol. The van der Waals surface area contributed by atoms with Crippen molar-refractivity contribution < 1.29 is 10.2 Å². The van der Waals surface area contributed by atoms with Gasteiger partial charge in [-0.2, -0.15) is 0 Å². The summed E-state index contributed by atoms with van der Waals surface area (Å²) in [4.78, 5) is 0. The van der Waals surface area contributed by atoms with Gasteiger partial charge in [0, 0.05) is 0 Å². The Hall–Kier alpha value is -0.860. The maximum atomic E-state index is 10.3. The van der Waals surface area contributed by atoms with Gasteiger partial charge in [0.25, 0.3) is 0 Å². The molecule has 2 N–H and O–H groups in total. The van der Waals surface area contributed by atoms with Gasteiger partial charge in [0.05, 0.1) is 12.2 Å². The molecular formula is C27H44O2. The van der Waals surface area contributed by atoms with E-state index in [1.807, 2.05) is 0 Å². The highest BCUT2D eigenvalue weighted by Gasteiger charge is 2.50. The van der Waals surface area contributed by atoms with Crippen molar-refractivity contribution in [2.75, 3.05) is 0 Å². The van der Waals surface area contributed by atoms with Gasteiger partial charge in [-0.05, 0) is 98.9 Å². The Bertz CT molecular complexity index is 643. The molecule has 0 heterocycles. The Morgan fingerprint density at radius 1 is 1.10 bits per heavy atom. The third-order valence-corrected chi connectivity index (χ3v) is 8.60. The van der Waals surface area contributed by atoms with Crippen LogP contribution in [0.15, 0.2) is 35.5 Å². The SMILES string of the molecule is C=C1CC[C@H](O)C/C1=C\C=C1/CCC[C@]2(C)C(C(C)CC[C@@H](O)C(C)C)CC[C@@H]12. The zero-order valence-corrected chi connectivity index (χ0v) is 19.3. The van der Waals surface area contributed by atoms with E-state index >= 15 is 0 Å². The normalized spacial score (nSPS) is 37.9. The first kappa shape index (κ1) is 22.8. The lowest BCUT2D eigenvalue weighted by molar-refractivity contribution is 0.0717. The number of aliphatic hydroxyl groups is 2. The molecule has 0 radical (unpaired) electrons. The van der Waals surface area contributed by atoms with Crippen molar-refractivity contribution in [3.63, 3.8) is 0 Å². The van der Waals surface area contributed by atoms with Crippen molar-refractivity contribution >= 4 is 0 Å². The van der Waals surface area contributed by atoms with Crippen LogP contribution in [0.4, 0.5) is 0 Å². The number of aliphatic hydroxyl groups excluding tert-OH is 2. The summed E-state index contributed by atoms with van der Waals surface area (Å²) in [5.41, 5.74) is 4.52. The summed E-state index contributed by atoms with van der Waals surface area (Å²) in [6, 6.07) is 0. The van der Waals surface area contributed by atoms with Crippen molar-refractivity contribution in [2.45, 2.75) is 104 Å². The van der Waals surface area contributed by atoms with Gasteiger partial charge in [-0.15, -0.1) is 0 Å². The van der Waals surface area contributed by atoms with Gasteiger partial charge in [0.15, 0.2) is 0 Å². The maximum absolute atomic E-state index is 10.3. The van der Waals surface area contributed by atoms with Crippen molar-refractivity contribution in [3.05, 3.63) is 35.5 Å². The number of allylic oxidation sites excluding steroid dienone is 4. The Balaban J connectivity index is 1.70. The summed E-state index contributed by atoms with van der Waals surface area (Å²) < 4.78 is 0. The molecule has 2 nitrogen and oxygen atoms in total. The maximum Gasteiger partial charge on any atom is 0.0583 e. The first-order valence-corrected chi connectivity index (χ1v) is 12.2. The number of rotatable bonds is 6. The van der Waals surface area contributed by atoms with Crippen LogP contribution in [-0.4, -0.2) is 22.4 Å². The molecule has 0 aromatic carbocycles. The van der Waals surface area contributed by atoms with Crippen molar-refractivity contribution in [1.29, 1.82) is 0 Å². The zero-order chi connectivity index (χ0) is 21.2. The van der Waals surface area contributed by atoms with Crippen molar-refractivity contribution in [1.82, 2.24) is 0 Å². The van der Waals surface area contributed by atoms with E-state index in [1.165, 1.54) is 43.3 Å². The highest BCUT2D eigenvalue weighted by atomic mass is 16.3. The van der Waals surface area contributed by atoms with E-state index in [0.29, 0.717) is 23.2 Å². The van der Waals surface area contributed by atoms with Crippen LogP contribution in [0.25, 0.3) is 0 Å². The predicted molar refractivity (Wildman–Crippen MR) is 123 cm³/mol. The van der Waals surface area contributed by atoms with Gasteiger partial charge in [0.1, 0.15) is 0 Å². The summed E-state index contributed by atoms with van der Waals surface area (Å²) in [6.07, 6.45) is 15.5. The minimum Gasteiger partial charge on any atom is -0.393 e. The first-order chi connectivity index (χ1) is 13.7. The van der Waals surface area contributed by atoms with Gasteiger partial charge in [-0.25, -0.2) is 0 Å². The predicted octanol–water partition coefficient (Wildman–Crippen LogP) is 6.59. The Morgan fingerprint density at radius 2 is 1.86 bits per heavy atom. The second kappa shape index (κ2) is 9.52. The number of hydrogen-bond acceptors (Lipinski definition) is 2. The molecule has 3 saturated carbocycles. The Morgan fingerprint density at radius 3 is 2.59 bits per heavy atom. The summed E-state index contributed by atoms with van der Waals surface area (Å²) in [5.74, 6) is 2.52. The molecule has 3 aliphatic carbocycles. The summed E-state index contributed by atoms with van der Waals surface area (Å²) in [7, 11) is 0. The quantitative estimate of drug-likeness (QED) is 0.528. The third-order valence-electron chi connectivity index (χ3n) is 8.60. The van der Waals surface area contributed by atoms with Gasteiger partial charge >= 0.3 is 0 Å². The van der Waals surface area contributed by atoms with Crippen LogP contribution in [0.3, 0.4) is 0 Å². The van der Waals surface area contributed by atoms with Gasteiger partial charge in [0.2, 0.25) is 0 Å². The molecule has 0 aromatic heterocycles. The minimum atomic E-state index is -0.195. The van der Waals surface area contributed by atoms with E-state index in [1.54, 1.807) is 5.57 Å². The van der Waals surface area contributed by atoms with Crippen molar-refractivity contribution in [2.24, 2.45) is 29.1 Å². The molecule has 0 saturated heterocycles. The summed E-state index contributed by atoms with van der Waals surface area (Å²) in [5, 5.41) is 20.3. The van der Waals surface area contributed by atoms with E-state index in [-0.39, 0.29) is 12.2 Å². The largest absolute Gasteiger partial charge is 0.393 e. The van der Waals surface area contributed by atoms with Crippen LogP contribution >= 0.6 is 0 Å². The molecule has 29 heavy (non-hydrogen) atoms. The minimum absolute atomic E-state index is 0.158. The Kier molecular flexibility index (Phi) is 7.49. The fraction of sp³-hybridized carbons (Fsp3) is 0.778. The molecule has 6 atom stereocenters. The average molecular weight is 401 g/mol. The summed E-state index contributed by atoms with van der Waals surface area (Å²) in [6.45, 7) is 13.4. The number of fused-ring (bicyclic) bond motifs is 1. The van der Waals surface area contributed by atoms with Crippen LogP contribution in [0.1, 0.15) is 91.9 Å². The molecule has 3 aliphatic rings. The second-order valence-electron chi connectivity index (χ2n) is 10.9. The third kappa shape index (κ3) is 5.07. The molecule has 0 amide bonds. The molecule has 3 rings (SSSR count). The standard InChI is InChI=1S/C27H44O2/c1-18(2)26(29)15-9-20(4)24-13-14-25-21(7-6-16-27(24,25)5)10-11-22-17-23(28)12-8-19(22)3/h10-11,18,20,23-26,28-29H,3,6-9,12-17H2,1-2,4-5H3/b21-10+,22-11+/t20?,23-,24?,25-,26+,27+/m0/s1. The van der Waals surface area contributed by atoms with Gasteiger partial charge in [-0.1, -0.05) is 57.6 Å². The van der Waals surface area contributed by atoms with Crippen LogP contribution in [0.5, 0.6) is 0 Å². The summed E-state index contributed by atoms with van der Waals surface area (Å²) >= 11 is 0. The fourth-order valence-corrected chi connectivity index (χ4v) is 6.58. The highest BCUT2D eigenvalue weighted by molar-refractivity contribution is 5.36. The average Bonchev–Trinajstić information content (AvgIpc) is 3.04. The van der Waals surface area contributed by atoms with E-state index in [4.69, 9.17) is 0 Å². The van der Waals surface area contributed by atoms with E-state index in [0.717, 1.165) is 38.0 Å². The lowest BCUT2D eigenvalue weighted by Crippen LogP contribution is -2.36. The molecule has 2 heteroatoms. The molecule has 0 bridgehead atoms. The monoisotopic (exact) mass is 400 g/mol. The second-order valence-corrected chi connectivity index (χ2v) is 10.9. The molecule has 0 aromatic rings. The van der Waals surface area contributed by atoms with Gasteiger partial charge < -0.3 is 10.2 Å². The van der Waals surface area contributed by atoms with Crippen molar-refractivity contribution in [3.8, 4) is 0 Å². The molecule has 2 unspecified atom stereocenters. The van der Waals surface area contributed by atoms with Crippen LogP contribution < -0.4 is 0 Å². The Labute approximate surface area is 179 Å². The van der Waals surface area contributed by atoms with Crippen LogP contribution in [-0.2, 0) is 0 Å². The molecule has 0 spiro atoms. The molecule has 164 valence electrons. The van der Waals surface area contributed by atoms with E-state index in [2.05, 4.69) is 46.4 Å². The topological polar surface area (TPSA) is 40.5 Å². The van der Waals surface area contributed by atoms with Gasteiger partial charge in [-0.3, -0.25) is 0 Å². The van der Waals surface area contributed by atoms with Crippen LogP contribution in [0, 0.1) is 29.1 Å².